The van der Waals surface area contributed by atoms with Crippen LogP contribution in [0.5, 0.6) is 0 Å². The van der Waals surface area contributed by atoms with Crippen LogP contribution in [0.2, 0.25) is 0 Å². The van der Waals surface area contributed by atoms with Crippen molar-refractivity contribution in [1.29, 1.82) is 0 Å². The van der Waals surface area contributed by atoms with E-state index in [0.29, 0.717) is 12.0 Å². The highest BCUT2D eigenvalue weighted by Crippen LogP contribution is 2.38. The largest absolute Gasteiger partial charge is 0.394 e. The fourth-order valence-electron chi connectivity index (χ4n) is 4.63. The molecule has 31 heavy (non-hydrogen) atoms. The van der Waals surface area contributed by atoms with E-state index < -0.39 is 6.10 Å². The van der Waals surface area contributed by atoms with Gasteiger partial charge in [0.1, 0.15) is 0 Å². The maximum Gasteiger partial charge on any atom is 0.0999 e. The molecule has 0 bridgehead atoms. The topological polar surface area (TPSA) is 106 Å². The third-order valence-electron chi connectivity index (χ3n) is 6.29. The van der Waals surface area contributed by atoms with Crippen LogP contribution in [0.4, 0.5) is 0 Å². The molecule has 4 aromatic heterocycles. The predicted molar refractivity (Wildman–Crippen MR) is 115 cm³/mol. The fourth-order valence-corrected chi connectivity index (χ4v) is 4.63. The molecular weight excluding hydrogens is 394 g/mol. The number of fused-ring (bicyclic) bond motifs is 1. The van der Waals surface area contributed by atoms with Crippen LogP contribution in [-0.4, -0.2) is 57.1 Å². The maximum absolute atomic E-state index is 9.68. The smallest absolute Gasteiger partial charge is 0.0999 e. The molecule has 1 fully saturated rings. The monoisotopic (exact) mass is 421 g/mol. The van der Waals surface area contributed by atoms with Gasteiger partial charge in [0.15, 0.2) is 0 Å². The van der Waals surface area contributed by atoms with Crippen LogP contribution in [0.15, 0.2) is 43.2 Å². The molecule has 3 unspecified atom stereocenters. The molecule has 9 heteroatoms. The van der Waals surface area contributed by atoms with Gasteiger partial charge in [0.05, 0.1) is 67.0 Å². The summed E-state index contributed by atoms with van der Waals surface area (Å²) in [5.41, 5.74) is 4.27. The first kappa shape index (κ1) is 19.9. The maximum atomic E-state index is 9.68. The van der Waals surface area contributed by atoms with Crippen molar-refractivity contribution < 1.29 is 10.2 Å². The predicted octanol–water partition coefficient (Wildman–Crippen LogP) is 2.56. The zero-order chi connectivity index (χ0) is 21.4. The van der Waals surface area contributed by atoms with Crippen molar-refractivity contribution in [3.63, 3.8) is 0 Å². The second-order valence-electron chi connectivity index (χ2n) is 8.30. The summed E-state index contributed by atoms with van der Waals surface area (Å²) in [6.45, 7) is 2.18. The standard InChI is InChI=1S/C22H27N7O2/c1-2-15-4-3-5-20(15)28-11-17(9-25-28)22-21-6-7-23-29(21)13-19(26-22)16-8-24-27(10-16)12-18(31)14-30/h6-11,13,15,18,20,30-31H,2-5,12,14H2,1H3. The molecule has 5 rings (SSSR count). The van der Waals surface area contributed by atoms with E-state index in [1.165, 1.54) is 25.7 Å². The van der Waals surface area contributed by atoms with Crippen LogP contribution in [-0.2, 0) is 6.54 Å². The summed E-state index contributed by atoms with van der Waals surface area (Å²) in [6.07, 6.45) is 15.2. The van der Waals surface area contributed by atoms with Gasteiger partial charge in [-0.1, -0.05) is 19.8 Å². The summed E-state index contributed by atoms with van der Waals surface area (Å²) in [7, 11) is 0. The quantitative estimate of drug-likeness (QED) is 0.475. The number of aliphatic hydroxyl groups excluding tert-OH is 2. The Morgan fingerprint density at radius 3 is 2.81 bits per heavy atom. The van der Waals surface area contributed by atoms with Crippen LogP contribution in [0.25, 0.3) is 28.0 Å². The Hall–Kier alpha value is -3.04. The Bertz CT molecular complexity index is 1180. The van der Waals surface area contributed by atoms with Crippen molar-refractivity contribution >= 4 is 5.52 Å². The number of hydrogen-bond acceptors (Lipinski definition) is 6. The van der Waals surface area contributed by atoms with E-state index in [0.717, 1.165) is 28.0 Å². The first-order valence-corrected chi connectivity index (χ1v) is 10.9. The van der Waals surface area contributed by atoms with Crippen molar-refractivity contribution in [3.8, 4) is 22.5 Å². The minimum atomic E-state index is -0.849. The molecule has 0 amide bonds. The van der Waals surface area contributed by atoms with Crippen LogP contribution in [0.1, 0.15) is 38.6 Å². The Balaban J connectivity index is 1.51. The Morgan fingerprint density at radius 1 is 1.10 bits per heavy atom. The summed E-state index contributed by atoms with van der Waals surface area (Å²) < 4.78 is 5.54. The minimum Gasteiger partial charge on any atom is -0.394 e. The molecule has 0 aliphatic heterocycles. The molecule has 0 saturated heterocycles. The van der Waals surface area contributed by atoms with E-state index in [1.807, 2.05) is 29.2 Å². The summed E-state index contributed by atoms with van der Waals surface area (Å²) in [6, 6.07) is 2.41. The lowest BCUT2D eigenvalue weighted by Gasteiger charge is -2.18. The van der Waals surface area contributed by atoms with Gasteiger partial charge in [-0.05, 0) is 24.8 Å². The highest BCUT2D eigenvalue weighted by atomic mass is 16.3. The molecule has 1 saturated carbocycles. The normalized spacial score (nSPS) is 20.0. The van der Waals surface area contributed by atoms with Crippen molar-refractivity contribution in [1.82, 2.24) is 34.2 Å². The zero-order valence-corrected chi connectivity index (χ0v) is 17.5. The third-order valence-corrected chi connectivity index (χ3v) is 6.29. The number of nitrogens with zero attached hydrogens (tertiary/aromatic N) is 7. The molecule has 4 aromatic rings. The average molecular weight is 422 g/mol. The Labute approximate surface area is 180 Å². The van der Waals surface area contributed by atoms with Gasteiger partial charge in [0, 0.05) is 23.5 Å². The van der Waals surface area contributed by atoms with Crippen LogP contribution in [0.3, 0.4) is 0 Å². The number of aromatic nitrogens is 7. The zero-order valence-electron chi connectivity index (χ0n) is 17.5. The van der Waals surface area contributed by atoms with E-state index in [9.17, 15) is 5.11 Å². The molecule has 3 atom stereocenters. The van der Waals surface area contributed by atoms with Crippen molar-refractivity contribution in [2.75, 3.05) is 6.61 Å². The van der Waals surface area contributed by atoms with E-state index in [4.69, 9.17) is 15.2 Å². The fraction of sp³-hybridized carbons (Fsp3) is 0.455. The Kier molecular flexibility index (Phi) is 5.29. The minimum absolute atomic E-state index is 0.222. The molecular formula is C22H27N7O2. The molecule has 162 valence electrons. The van der Waals surface area contributed by atoms with E-state index in [-0.39, 0.29) is 13.2 Å². The van der Waals surface area contributed by atoms with Crippen LogP contribution >= 0.6 is 0 Å². The number of rotatable bonds is 7. The van der Waals surface area contributed by atoms with Gasteiger partial charge in [-0.15, -0.1) is 0 Å². The lowest BCUT2D eigenvalue weighted by molar-refractivity contribution is 0.0783. The van der Waals surface area contributed by atoms with E-state index >= 15 is 0 Å². The van der Waals surface area contributed by atoms with Crippen LogP contribution in [0, 0.1) is 5.92 Å². The highest BCUT2D eigenvalue weighted by Gasteiger charge is 2.28. The molecule has 0 spiro atoms. The van der Waals surface area contributed by atoms with Gasteiger partial charge in [-0.25, -0.2) is 9.50 Å². The first-order chi connectivity index (χ1) is 15.2. The lowest BCUT2D eigenvalue weighted by Crippen LogP contribution is -2.19. The van der Waals surface area contributed by atoms with Gasteiger partial charge in [0.25, 0.3) is 0 Å². The number of hydrogen-bond donors (Lipinski definition) is 2. The molecule has 0 aromatic carbocycles. The molecule has 1 aliphatic rings. The first-order valence-electron chi connectivity index (χ1n) is 10.9. The molecule has 9 nitrogen and oxygen atoms in total. The third kappa shape index (κ3) is 3.75. The Morgan fingerprint density at radius 2 is 1.97 bits per heavy atom. The van der Waals surface area contributed by atoms with Crippen molar-refractivity contribution in [2.45, 2.75) is 51.3 Å². The average Bonchev–Trinajstić information content (AvgIpc) is 3.58. The summed E-state index contributed by atoms with van der Waals surface area (Å²) in [5.74, 6) is 0.683. The van der Waals surface area contributed by atoms with Gasteiger partial charge in [-0.2, -0.15) is 15.3 Å². The van der Waals surface area contributed by atoms with E-state index in [1.54, 1.807) is 17.1 Å². The molecule has 1 aliphatic carbocycles. The molecule has 2 N–H and O–H groups in total. The second kappa shape index (κ2) is 8.24. The van der Waals surface area contributed by atoms with Crippen molar-refractivity contribution in [3.05, 3.63) is 43.2 Å². The summed E-state index contributed by atoms with van der Waals surface area (Å²) >= 11 is 0. The van der Waals surface area contributed by atoms with Crippen molar-refractivity contribution in [2.24, 2.45) is 5.92 Å². The van der Waals surface area contributed by atoms with Gasteiger partial charge < -0.3 is 10.2 Å². The summed E-state index contributed by atoms with van der Waals surface area (Å²) in [5, 5.41) is 32.1. The van der Waals surface area contributed by atoms with Gasteiger partial charge in [-0.3, -0.25) is 9.36 Å². The number of aliphatic hydroxyl groups is 2. The SMILES string of the molecule is CCC1CCCC1n1cc(-c2nc(-c3cnn(CC(O)CO)c3)cn3nccc23)cn1. The highest BCUT2D eigenvalue weighted by molar-refractivity contribution is 5.78. The van der Waals surface area contributed by atoms with E-state index in [2.05, 4.69) is 28.0 Å². The molecule has 0 radical (unpaired) electrons. The van der Waals surface area contributed by atoms with Gasteiger partial charge in [0.2, 0.25) is 0 Å². The lowest BCUT2D eigenvalue weighted by atomic mass is 10.0. The van der Waals surface area contributed by atoms with Crippen LogP contribution < -0.4 is 0 Å². The second-order valence-corrected chi connectivity index (χ2v) is 8.30. The molecule has 4 heterocycles. The van der Waals surface area contributed by atoms with Gasteiger partial charge >= 0.3 is 0 Å². The summed E-state index contributed by atoms with van der Waals surface area (Å²) in [4.78, 5) is 4.93.